The smallest absolute Gasteiger partial charge is 0.338 e. The molecular weight excluding hydrogens is 349 g/mol. The fourth-order valence-corrected chi connectivity index (χ4v) is 2.21. The topological polar surface area (TPSA) is 75.6 Å². The van der Waals surface area contributed by atoms with Crippen LogP contribution in [0.2, 0.25) is 0 Å². The molecule has 1 aromatic carbocycles. The van der Waals surface area contributed by atoms with E-state index in [1.54, 1.807) is 18.2 Å². The van der Waals surface area contributed by atoms with Crippen molar-refractivity contribution < 1.29 is 19.4 Å². The van der Waals surface area contributed by atoms with Gasteiger partial charge >= 0.3 is 5.97 Å². The molecule has 2 rings (SSSR count). The van der Waals surface area contributed by atoms with Gasteiger partial charge in [-0.2, -0.15) is 0 Å². The molecular formula is C12H10INO4. The van der Waals surface area contributed by atoms with Crippen LogP contribution in [0.25, 0.3) is 5.76 Å². The van der Waals surface area contributed by atoms with Crippen molar-refractivity contribution in [3.8, 4) is 0 Å². The van der Waals surface area contributed by atoms with Crippen LogP contribution in [0.5, 0.6) is 0 Å². The van der Waals surface area contributed by atoms with Gasteiger partial charge in [0.05, 0.1) is 24.8 Å². The highest BCUT2D eigenvalue weighted by atomic mass is 127. The van der Waals surface area contributed by atoms with Gasteiger partial charge in [0.2, 0.25) is 5.91 Å². The molecule has 1 heterocycles. The van der Waals surface area contributed by atoms with Gasteiger partial charge in [0.15, 0.2) is 0 Å². The Morgan fingerprint density at radius 2 is 2.22 bits per heavy atom. The first-order valence-electron chi connectivity index (χ1n) is 5.13. The highest BCUT2D eigenvalue weighted by molar-refractivity contribution is 14.1. The van der Waals surface area contributed by atoms with Crippen molar-refractivity contribution in [1.29, 1.82) is 0 Å². The molecule has 0 spiro atoms. The molecule has 0 aromatic heterocycles. The van der Waals surface area contributed by atoms with Gasteiger partial charge in [-0.1, -0.05) is 0 Å². The van der Waals surface area contributed by atoms with Crippen LogP contribution in [0.3, 0.4) is 0 Å². The lowest BCUT2D eigenvalue weighted by Crippen LogP contribution is -2.14. The number of carbonyl (C=O) groups is 2. The zero-order valence-electron chi connectivity index (χ0n) is 9.49. The second kappa shape index (κ2) is 4.97. The second-order valence-corrected chi connectivity index (χ2v) is 4.98. The molecule has 0 aliphatic carbocycles. The molecule has 0 saturated carbocycles. The molecule has 0 radical (unpaired) electrons. The highest BCUT2D eigenvalue weighted by Crippen LogP contribution is 2.31. The van der Waals surface area contributed by atoms with Crippen LogP contribution in [0.15, 0.2) is 23.8 Å². The molecule has 94 valence electrons. The summed E-state index contributed by atoms with van der Waals surface area (Å²) in [6.45, 7) is 0. The van der Waals surface area contributed by atoms with Crippen molar-refractivity contribution in [3.05, 3.63) is 32.9 Å². The van der Waals surface area contributed by atoms with E-state index in [0.29, 0.717) is 11.3 Å². The zero-order valence-corrected chi connectivity index (χ0v) is 11.6. The Kier molecular flexibility index (Phi) is 3.55. The van der Waals surface area contributed by atoms with Crippen LogP contribution >= 0.6 is 22.6 Å². The fraction of sp³-hybridized carbons (Fsp3) is 0.167. The Hall–Kier alpha value is -1.57. The Morgan fingerprint density at radius 3 is 2.89 bits per heavy atom. The van der Waals surface area contributed by atoms with E-state index in [1.165, 1.54) is 7.11 Å². The second-order valence-electron chi connectivity index (χ2n) is 3.73. The van der Waals surface area contributed by atoms with Crippen molar-refractivity contribution in [1.82, 2.24) is 0 Å². The maximum Gasteiger partial charge on any atom is 0.338 e. The predicted molar refractivity (Wildman–Crippen MR) is 74.0 cm³/mol. The predicted octanol–water partition coefficient (Wildman–Crippen LogP) is 2.08. The Bertz CT molecular complexity index is 565. The SMILES string of the molecule is COC(=O)C1=C(O)c2cc(I)ccc2NC(=O)C1. The number of esters is 1. The van der Waals surface area contributed by atoms with Gasteiger partial charge < -0.3 is 15.2 Å². The number of amides is 1. The first-order valence-corrected chi connectivity index (χ1v) is 6.21. The van der Waals surface area contributed by atoms with Crippen LogP contribution in [-0.4, -0.2) is 24.1 Å². The third kappa shape index (κ3) is 2.33. The van der Waals surface area contributed by atoms with Gasteiger partial charge in [-0.15, -0.1) is 0 Å². The van der Waals surface area contributed by atoms with Crippen molar-refractivity contribution in [2.45, 2.75) is 6.42 Å². The van der Waals surface area contributed by atoms with Gasteiger partial charge in [0, 0.05) is 9.13 Å². The van der Waals surface area contributed by atoms with E-state index < -0.39 is 5.97 Å². The molecule has 1 aliphatic heterocycles. The molecule has 0 atom stereocenters. The number of aliphatic hydroxyl groups excluding tert-OH is 1. The lowest BCUT2D eigenvalue weighted by molar-refractivity contribution is -0.137. The minimum absolute atomic E-state index is 0.0317. The normalized spacial score (nSPS) is 14.7. The number of methoxy groups -OCH3 is 1. The van der Waals surface area contributed by atoms with Gasteiger partial charge in [0.1, 0.15) is 5.76 Å². The first-order chi connectivity index (χ1) is 8.52. The number of aliphatic hydroxyl groups is 1. The van der Waals surface area contributed by atoms with Crippen LogP contribution in [-0.2, 0) is 14.3 Å². The summed E-state index contributed by atoms with van der Waals surface area (Å²) >= 11 is 2.08. The van der Waals surface area contributed by atoms with Gasteiger partial charge in [0.25, 0.3) is 0 Å². The van der Waals surface area contributed by atoms with Crippen LogP contribution in [0.1, 0.15) is 12.0 Å². The standard InChI is InChI=1S/C12H10INO4/c1-18-12(17)8-5-10(15)14-9-3-2-6(13)4-7(9)11(8)16/h2-4,16H,5H2,1H3,(H,14,15). The zero-order chi connectivity index (χ0) is 13.3. The maximum atomic E-state index is 11.6. The largest absolute Gasteiger partial charge is 0.507 e. The summed E-state index contributed by atoms with van der Waals surface area (Å²) in [5.41, 5.74) is 0.876. The maximum absolute atomic E-state index is 11.6. The molecule has 0 unspecified atom stereocenters. The number of fused-ring (bicyclic) bond motifs is 1. The molecule has 5 nitrogen and oxygen atoms in total. The van der Waals surface area contributed by atoms with Crippen LogP contribution in [0.4, 0.5) is 5.69 Å². The van der Waals surface area contributed by atoms with E-state index in [9.17, 15) is 14.7 Å². The number of nitrogens with one attached hydrogen (secondary N) is 1. The number of anilines is 1. The first kappa shape index (κ1) is 12.9. The Balaban J connectivity index is 2.63. The summed E-state index contributed by atoms with van der Waals surface area (Å²) in [5.74, 6) is -1.27. The summed E-state index contributed by atoms with van der Waals surface area (Å²) in [5, 5.41) is 12.8. The molecule has 1 aromatic rings. The lowest BCUT2D eigenvalue weighted by Gasteiger charge is -2.07. The fourth-order valence-electron chi connectivity index (χ4n) is 1.71. The Labute approximate surface area is 117 Å². The average molecular weight is 359 g/mol. The Morgan fingerprint density at radius 1 is 1.50 bits per heavy atom. The average Bonchev–Trinajstić information content (AvgIpc) is 2.47. The number of benzene rings is 1. The van der Waals surface area contributed by atoms with Crippen molar-refractivity contribution >= 4 is 45.9 Å². The molecule has 2 N–H and O–H groups in total. The lowest BCUT2D eigenvalue weighted by atomic mass is 10.1. The third-order valence-corrected chi connectivity index (χ3v) is 3.24. The number of hydrogen-bond donors (Lipinski definition) is 2. The molecule has 0 bridgehead atoms. The number of halogens is 1. The summed E-state index contributed by atoms with van der Waals surface area (Å²) in [6.07, 6.45) is -0.205. The van der Waals surface area contributed by atoms with E-state index in [0.717, 1.165) is 3.57 Å². The number of ether oxygens (including phenoxy) is 1. The van der Waals surface area contributed by atoms with E-state index in [-0.39, 0.29) is 23.7 Å². The van der Waals surface area contributed by atoms with E-state index >= 15 is 0 Å². The van der Waals surface area contributed by atoms with Crippen molar-refractivity contribution in [2.24, 2.45) is 0 Å². The van der Waals surface area contributed by atoms with Crippen molar-refractivity contribution in [2.75, 3.05) is 12.4 Å². The van der Waals surface area contributed by atoms with Gasteiger partial charge in [-0.05, 0) is 40.8 Å². The van der Waals surface area contributed by atoms with Crippen molar-refractivity contribution in [3.63, 3.8) is 0 Å². The van der Waals surface area contributed by atoms with E-state index in [1.807, 2.05) is 0 Å². The van der Waals surface area contributed by atoms with Gasteiger partial charge in [-0.3, -0.25) is 4.79 Å². The quantitative estimate of drug-likeness (QED) is 0.595. The summed E-state index contributed by atoms with van der Waals surface area (Å²) < 4.78 is 5.46. The molecule has 0 fully saturated rings. The monoisotopic (exact) mass is 359 g/mol. The van der Waals surface area contributed by atoms with Gasteiger partial charge in [-0.25, -0.2) is 4.79 Å². The third-order valence-electron chi connectivity index (χ3n) is 2.57. The van der Waals surface area contributed by atoms with Crippen LogP contribution in [0, 0.1) is 3.57 Å². The minimum atomic E-state index is -0.700. The number of hydrogen-bond acceptors (Lipinski definition) is 4. The van der Waals surface area contributed by atoms with E-state index in [4.69, 9.17) is 0 Å². The molecule has 1 amide bonds. The summed E-state index contributed by atoms with van der Waals surface area (Å²) in [7, 11) is 1.21. The molecule has 6 heteroatoms. The summed E-state index contributed by atoms with van der Waals surface area (Å²) in [4.78, 5) is 23.2. The minimum Gasteiger partial charge on any atom is -0.507 e. The molecule has 0 saturated heterocycles. The summed E-state index contributed by atoms with van der Waals surface area (Å²) in [6, 6.07) is 5.18. The highest BCUT2D eigenvalue weighted by Gasteiger charge is 2.26. The number of carbonyl (C=O) groups excluding carboxylic acids is 2. The molecule has 18 heavy (non-hydrogen) atoms. The molecule has 1 aliphatic rings. The van der Waals surface area contributed by atoms with Crippen LogP contribution < -0.4 is 5.32 Å². The van der Waals surface area contributed by atoms with E-state index in [2.05, 4.69) is 32.6 Å². The number of rotatable bonds is 1.